The number of hydrogen-bond donors (Lipinski definition) is 0. The molecule has 2 heteroatoms. The van der Waals surface area contributed by atoms with Crippen molar-refractivity contribution in [3.63, 3.8) is 0 Å². The molecule has 1 fully saturated rings. The standard InChI is InChI=1S/C33H31NO/c1-3-11-24(12-4-1)21-26-15-9-16-27-23-29-18-10-17-28(22-25-13-5-2-6-14-25)33(29)34(32(26)27)30-19-7-8-20-31(30)35-33/h1-8,11-14,19-22,29H,9-10,15-18,23H2/b26-21+,28-22+/t29-,33+/m1/s1. The second kappa shape index (κ2) is 8.30. The van der Waals surface area contributed by atoms with Crippen molar-refractivity contribution in [3.05, 3.63) is 118 Å². The summed E-state index contributed by atoms with van der Waals surface area (Å²) in [5.41, 5.74) is 9.29. The fourth-order valence-corrected chi connectivity index (χ4v) is 6.87. The van der Waals surface area contributed by atoms with E-state index in [-0.39, 0.29) is 0 Å². The molecule has 2 atom stereocenters. The quantitative estimate of drug-likeness (QED) is 0.383. The maximum Gasteiger partial charge on any atom is 0.213 e. The number of rotatable bonds is 2. The van der Waals surface area contributed by atoms with Gasteiger partial charge in [0.1, 0.15) is 5.75 Å². The minimum Gasteiger partial charge on any atom is -0.461 e. The number of fused-ring (bicyclic) bond motifs is 3. The van der Waals surface area contributed by atoms with Crippen molar-refractivity contribution in [2.45, 2.75) is 50.7 Å². The summed E-state index contributed by atoms with van der Waals surface area (Å²) in [7, 11) is 0. The van der Waals surface area contributed by atoms with Gasteiger partial charge in [0.25, 0.3) is 0 Å². The van der Waals surface area contributed by atoms with E-state index in [9.17, 15) is 0 Å². The van der Waals surface area contributed by atoms with Crippen LogP contribution >= 0.6 is 0 Å². The van der Waals surface area contributed by atoms with Crippen LogP contribution in [0.15, 0.2) is 107 Å². The molecule has 0 saturated heterocycles. The predicted molar refractivity (Wildman–Crippen MR) is 144 cm³/mol. The summed E-state index contributed by atoms with van der Waals surface area (Å²) < 4.78 is 7.13. The number of ether oxygens (including phenoxy) is 1. The van der Waals surface area contributed by atoms with Crippen LogP contribution in [-0.2, 0) is 0 Å². The van der Waals surface area contributed by atoms with Gasteiger partial charge in [0.15, 0.2) is 0 Å². The Balaban J connectivity index is 1.45. The van der Waals surface area contributed by atoms with Crippen LogP contribution in [-0.4, -0.2) is 5.72 Å². The molecule has 174 valence electrons. The normalized spacial score (nSPS) is 27.2. The molecule has 35 heavy (non-hydrogen) atoms. The molecule has 2 nitrogen and oxygen atoms in total. The van der Waals surface area contributed by atoms with Crippen LogP contribution in [0.1, 0.15) is 56.1 Å². The Kier molecular flexibility index (Phi) is 4.94. The number of nitrogens with zero attached hydrogens (tertiary/aromatic N) is 1. The zero-order valence-corrected chi connectivity index (χ0v) is 20.1. The molecule has 0 aromatic heterocycles. The Labute approximate surface area is 208 Å². The van der Waals surface area contributed by atoms with Gasteiger partial charge in [-0.1, -0.05) is 72.8 Å². The highest BCUT2D eigenvalue weighted by atomic mass is 16.5. The number of hydrogen-bond acceptors (Lipinski definition) is 2. The van der Waals surface area contributed by atoms with E-state index in [0.29, 0.717) is 5.92 Å². The van der Waals surface area contributed by atoms with Gasteiger partial charge in [0.2, 0.25) is 5.72 Å². The molecule has 3 aromatic carbocycles. The molecule has 2 aliphatic carbocycles. The molecule has 0 amide bonds. The summed E-state index contributed by atoms with van der Waals surface area (Å²) in [5, 5.41) is 0. The lowest BCUT2D eigenvalue weighted by Gasteiger charge is -2.53. The van der Waals surface area contributed by atoms with Crippen molar-refractivity contribution < 1.29 is 4.74 Å². The summed E-state index contributed by atoms with van der Waals surface area (Å²) in [6.07, 6.45) is 13.1. The van der Waals surface area contributed by atoms with Crippen LogP contribution < -0.4 is 9.64 Å². The van der Waals surface area contributed by atoms with Gasteiger partial charge in [0.05, 0.1) is 5.69 Å². The molecule has 4 aliphatic rings. The van der Waals surface area contributed by atoms with E-state index >= 15 is 0 Å². The highest BCUT2D eigenvalue weighted by molar-refractivity contribution is 5.78. The van der Waals surface area contributed by atoms with Crippen LogP contribution in [0.3, 0.4) is 0 Å². The van der Waals surface area contributed by atoms with Crippen molar-refractivity contribution in [2.24, 2.45) is 5.92 Å². The molecular weight excluding hydrogens is 426 g/mol. The highest BCUT2D eigenvalue weighted by Crippen LogP contribution is 2.61. The van der Waals surface area contributed by atoms with Crippen LogP contribution in [0.2, 0.25) is 0 Å². The Morgan fingerprint density at radius 1 is 0.743 bits per heavy atom. The summed E-state index contributed by atoms with van der Waals surface area (Å²) >= 11 is 0. The minimum absolute atomic E-state index is 0.427. The molecule has 1 saturated carbocycles. The molecular formula is C33H31NO. The fraction of sp³-hybridized carbons (Fsp3) is 0.273. The maximum absolute atomic E-state index is 7.13. The molecule has 2 heterocycles. The van der Waals surface area contributed by atoms with Gasteiger partial charge in [-0.2, -0.15) is 0 Å². The average Bonchev–Trinajstić information content (AvgIpc) is 3.25. The summed E-state index contributed by atoms with van der Waals surface area (Å²) in [5.74, 6) is 1.49. The molecule has 0 unspecified atom stereocenters. The van der Waals surface area contributed by atoms with Gasteiger partial charge in [0, 0.05) is 11.6 Å². The number of benzene rings is 3. The van der Waals surface area contributed by atoms with Crippen molar-refractivity contribution in [3.8, 4) is 5.75 Å². The Morgan fingerprint density at radius 3 is 2.26 bits per heavy atom. The van der Waals surface area contributed by atoms with Gasteiger partial charge in [-0.25, -0.2) is 0 Å². The first-order valence-corrected chi connectivity index (χ1v) is 13.2. The lowest BCUT2D eigenvalue weighted by atomic mass is 9.68. The Bertz CT molecular complexity index is 1350. The molecule has 1 spiro atoms. The van der Waals surface area contributed by atoms with Gasteiger partial charge < -0.3 is 4.74 Å². The van der Waals surface area contributed by atoms with Crippen LogP contribution in [0.4, 0.5) is 5.69 Å². The topological polar surface area (TPSA) is 12.5 Å². The average molecular weight is 458 g/mol. The van der Waals surface area contributed by atoms with Gasteiger partial charge in [-0.15, -0.1) is 0 Å². The third kappa shape index (κ3) is 3.31. The van der Waals surface area contributed by atoms with Crippen molar-refractivity contribution in [2.75, 3.05) is 4.90 Å². The van der Waals surface area contributed by atoms with Crippen molar-refractivity contribution in [1.82, 2.24) is 0 Å². The van der Waals surface area contributed by atoms with Crippen LogP contribution in [0.5, 0.6) is 5.75 Å². The van der Waals surface area contributed by atoms with Gasteiger partial charge >= 0.3 is 0 Å². The van der Waals surface area contributed by atoms with Gasteiger partial charge in [-0.3, -0.25) is 4.90 Å². The van der Waals surface area contributed by atoms with E-state index in [1.54, 1.807) is 5.57 Å². The van der Waals surface area contributed by atoms with Crippen LogP contribution in [0, 0.1) is 5.92 Å². The molecule has 2 aliphatic heterocycles. The van der Waals surface area contributed by atoms with E-state index in [0.717, 1.165) is 25.0 Å². The van der Waals surface area contributed by atoms with Crippen molar-refractivity contribution in [1.29, 1.82) is 0 Å². The van der Waals surface area contributed by atoms with E-state index in [4.69, 9.17) is 4.74 Å². The third-order valence-electron chi connectivity index (χ3n) is 8.28. The minimum atomic E-state index is -0.427. The molecule has 0 N–H and O–H groups in total. The summed E-state index contributed by atoms with van der Waals surface area (Å²) in [6, 6.07) is 30.3. The van der Waals surface area contributed by atoms with Gasteiger partial charge in [-0.05, 0) is 97.1 Å². The Morgan fingerprint density at radius 2 is 1.46 bits per heavy atom. The summed E-state index contributed by atoms with van der Waals surface area (Å²) in [4.78, 5) is 2.63. The van der Waals surface area contributed by atoms with E-state index in [1.165, 1.54) is 59.3 Å². The fourth-order valence-electron chi connectivity index (χ4n) is 6.87. The van der Waals surface area contributed by atoms with Crippen LogP contribution in [0.25, 0.3) is 12.2 Å². The van der Waals surface area contributed by atoms with Crippen molar-refractivity contribution >= 4 is 17.8 Å². The lowest BCUT2D eigenvalue weighted by Crippen LogP contribution is -2.60. The first-order chi connectivity index (χ1) is 17.3. The number of para-hydroxylation sites is 2. The first kappa shape index (κ1) is 20.8. The predicted octanol–water partition coefficient (Wildman–Crippen LogP) is 8.39. The monoisotopic (exact) mass is 457 g/mol. The van der Waals surface area contributed by atoms with E-state index in [1.807, 2.05) is 0 Å². The second-order valence-electron chi connectivity index (χ2n) is 10.4. The largest absolute Gasteiger partial charge is 0.461 e. The second-order valence-corrected chi connectivity index (χ2v) is 10.4. The third-order valence-corrected chi connectivity index (χ3v) is 8.28. The lowest BCUT2D eigenvalue weighted by molar-refractivity contribution is 0.0353. The molecule has 0 bridgehead atoms. The molecule has 7 rings (SSSR count). The maximum atomic E-state index is 7.13. The SMILES string of the molecule is C(=C1/CCCC2=C1N1c3ccccc3O[C@]13/C(=C/c1ccccc1)CCC[C@@H]3C2)/c1ccccc1. The Hall–Kier alpha value is -3.52. The zero-order chi connectivity index (χ0) is 23.2. The van der Waals surface area contributed by atoms with E-state index < -0.39 is 5.72 Å². The number of allylic oxidation sites excluding steroid dienone is 2. The zero-order valence-electron chi connectivity index (χ0n) is 20.1. The summed E-state index contributed by atoms with van der Waals surface area (Å²) in [6.45, 7) is 0. The number of anilines is 1. The molecule has 0 radical (unpaired) electrons. The smallest absolute Gasteiger partial charge is 0.213 e. The molecule has 3 aromatic rings. The van der Waals surface area contributed by atoms with E-state index in [2.05, 4.69) is 102 Å². The highest BCUT2D eigenvalue weighted by Gasteiger charge is 2.59. The first-order valence-electron chi connectivity index (χ1n) is 13.2.